The van der Waals surface area contributed by atoms with Crippen molar-refractivity contribution in [1.82, 2.24) is 0 Å². The van der Waals surface area contributed by atoms with Crippen molar-refractivity contribution >= 4 is 21.9 Å². The summed E-state index contributed by atoms with van der Waals surface area (Å²) in [5.74, 6) is 5.15. The molecule has 0 saturated heterocycles. The van der Waals surface area contributed by atoms with Gasteiger partial charge in [-0.25, -0.2) is 0 Å². The van der Waals surface area contributed by atoms with Crippen LogP contribution in [-0.2, 0) is 4.79 Å². The average molecular weight is 484 g/mol. The van der Waals surface area contributed by atoms with Gasteiger partial charge in [-0.2, -0.15) is 0 Å². The molecule has 0 aromatic rings. The molecule has 0 aromatic heterocycles. The van der Waals surface area contributed by atoms with Gasteiger partial charge in [-0.05, 0) is 99.7 Å². The van der Waals surface area contributed by atoms with Gasteiger partial charge >= 0.3 is 5.97 Å². The highest BCUT2D eigenvalue weighted by atomic mass is 79.9. The molecule has 0 spiro atoms. The Labute approximate surface area is 194 Å². The highest BCUT2D eigenvalue weighted by Gasteiger charge is 2.37. The number of hydrogen-bond acceptors (Lipinski definition) is 1. The summed E-state index contributed by atoms with van der Waals surface area (Å²) in [6.45, 7) is 4.61. The summed E-state index contributed by atoms with van der Waals surface area (Å²) in [5, 5.41) is 9.06. The molecule has 4 rings (SSSR count). The number of rotatable bonds is 5. The Morgan fingerprint density at radius 3 is 1.70 bits per heavy atom. The van der Waals surface area contributed by atoms with E-state index < -0.39 is 5.97 Å². The van der Waals surface area contributed by atoms with Crippen LogP contribution in [0.5, 0.6) is 0 Å². The summed E-state index contributed by atoms with van der Waals surface area (Å²) in [7, 11) is 0. The van der Waals surface area contributed by atoms with Gasteiger partial charge in [-0.3, -0.25) is 4.79 Å². The van der Waals surface area contributed by atoms with E-state index in [0.717, 1.165) is 53.2 Å². The SMILES string of the molecule is CCCC1CCC2CC(Br)CCC2C1.CCCC1CCC2CC(C(=O)O)CCC2C1. The molecule has 4 fully saturated rings. The van der Waals surface area contributed by atoms with Crippen LogP contribution in [0.25, 0.3) is 0 Å². The molecule has 0 aromatic carbocycles. The highest BCUT2D eigenvalue weighted by Crippen LogP contribution is 2.46. The summed E-state index contributed by atoms with van der Waals surface area (Å²) >= 11 is 3.80. The van der Waals surface area contributed by atoms with E-state index in [9.17, 15) is 4.79 Å². The van der Waals surface area contributed by atoms with Crippen molar-refractivity contribution in [2.75, 3.05) is 0 Å². The fourth-order valence-electron chi connectivity index (χ4n) is 7.48. The second-order valence-electron chi connectivity index (χ2n) is 11.2. The molecule has 8 unspecified atom stereocenters. The molecular weight excluding hydrogens is 436 g/mol. The molecular formula is C27H47BrO2. The second kappa shape index (κ2) is 12.3. The largest absolute Gasteiger partial charge is 0.481 e. The molecule has 174 valence electrons. The minimum Gasteiger partial charge on any atom is -0.481 e. The van der Waals surface area contributed by atoms with Crippen molar-refractivity contribution in [1.29, 1.82) is 0 Å². The third kappa shape index (κ3) is 6.97. The smallest absolute Gasteiger partial charge is 0.306 e. The molecule has 3 heteroatoms. The predicted molar refractivity (Wildman–Crippen MR) is 130 cm³/mol. The number of carboxylic acids is 1. The summed E-state index contributed by atoms with van der Waals surface area (Å²) in [6, 6.07) is 0. The molecule has 4 aliphatic rings. The third-order valence-corrected chi connectivity index (χ3v) is 9.95. The minimum atomic E-state index is -0.561. The first-order valence-electron chi connectivity index (χ1n) is 13.4. The van der Waals surface area contributed by atoms with Crippen LogP contribution in [0.3, 0.4) is 0 Å². The number of fused-ring (bicyclic) bond motifs is 2. The first-order chi connectivity index (χ1) is 14.5. The predicted octanol–water partition coefficient (Wildman–Crippen LogP) is 8.47. The van der Waals surface area contributed by atoms with Crippen molar-refractivity contribution in [3.63, 3.8) is 0 Å². The Morgan fingerprint density at radius 2 is 1.17 bits per heavy atom. The fourth-order valence-corrected chi connectivity index (χ4v) is 8.23. The zero-order valence-corrected chi connectivity index (χ0v) is 21.3. The molecule has 4 aliphatic carbocycles. The van der Waals surface area contributed by atoms with Gasteiger partial charge in [-0.1, -0.05) is 68.3 Å². The summed E-state index contributed by atoms with van der Waals surface area (Å²) in [5.41, 5.74) is 0. The standard InChI is InChI=1S/C14H24O2.C13H23Br/c1-2-3-10-4-5-12-9-13(14(15)16)7-6-11(12)8-10;1-2-3-10-4-5-12-9-13(14)7-6-11(12)8-10/h10-13H,2-9H2,1H3,(H,15,16);10-13H,2-9H2,1H3. The Morgan fingerprint density at radius 1 is 0.700 bits per heavy atom. The van der Waals surface area contributed by atoms with Gasteiger partial charge in [0.1, 0.15) is 0 Å². The lowest BCUT2D eigenvalue weighted by molar-refractivity contribution is -0.144. The van der Waals surface area contributed by atoms with E-state index >= 15 is 0 Å². The third-order valence-electron chi connectivity index (χ3n) is 9.12. The molecule has 0 heterocycles. The number of hydrogen-bond donors (Lipinski definition) is 1. The van der Waals surface area contributed by atoms with E-state index in [1.165, 1.54) is 83.5 Å². The van der Waals surface area contributed by atoms with Crippen molar-refractivity contribution in [3.8, 4) is 0 Å². The minimum absolute atomic E-state index is 0.0380. The Hall–Kier alpha value is -0.0500. The summed E-state index contributed by atoms with van der Waals surface area (Å²) in [4.78, 5) is 11.8. The Bertz CT molecular complexity index is 521. The van der Waals surface area contributed by atoms with Crippen LogP contribution in [0, 0.1) is 41.4 Å². The van der Waals surface area contributed by atoms with Crippen LogP contribution in [0.4, 0.5) is 0 Å². The monoisotopic (exact) mass is 482 g/mol. The fraction of sp³-hybridized carbons (Fsp3) is 0.963. The van der Waals surface area contributed by atoms with Gasteiger partial charge in [0.15, 0.2) is 0 Å². The summed E-state index contributed by atoms with van der Waals surface area (Å²) in [6.07, 6.45) is 21.6. The van der Waals surface area contributed by atoms with Crippen LogP contribution < -0.4 is 0 Å². The van der Waals surface area contributed by atoms with Crippen LogP contribution in [0.15, 0.2) is 0 Å². The molecule has 4 saturated carbocycles. The van der Waals surface area contributed by atoms with Crippen LogP contribution in [0.2, 0.25) is 0 Å². The quantitative estimate of drug-likeness (QED) is 0.398. The van der Waals surface area contributed by atoms with Gasteiger partial charge in [0.2, 0.25) is 0 Å². The van der Waals surface area contributed by atoms with Gasteiger partial charge in [0.05, 0.1) is 5.92 Å². The molecule has 30 heavy (non-hydrogen) atoms. The van der Waals surface area contributed by atoms with Gasteiger partial charge in [0.25, 0.3) is 0 Å². The maximum atomic E-state index is 11.0. The first-order valence-corrected chi connectivity index (χ1v) is 14.3. The van der Waals surface area contributed by atoms with Crippen molar-refractivity contribution in [2.45, 2.75) is 121 Å². The van der Waals surface area contributed by atoms with E-state index in [-0.39, 0.29) is 5.92 Å². The van der Waals surface area contributed by atoms with E-state index in [1.807, 2.05) is 0 Å². The highest BCUT2D eigenvalue weighted by molar-refractivity contribution is 9.09. The lowest BCUT2D eigenvalue weighted by Gasteiger charge is -2.41. The van der Waals surface area contributed by atoms with Crippen LogP contribution >= 0.6 is 15.9 Å². The van der Waals surface area contributed by atoms with Crippen LogP contribution in [-0.4, -0.2) is 15.9 Å². The zero-order chi connectivity index (χ0) is 21.5. The lowest BCUT2D eigenvalue weighted by Crippen LogP contribution is -2.33. The van der Waals surface area contributed by atoms with Crippen molar-refractivity contribution < 1.29 is 9.90 Å². The van der Waals surface area contributed by atoms with Gasteiger partial charge < -0.3 is 5.11 Å². The molecule has 0 radical (unpaired) electrons. The molecule has 0 bridgehead atoms. The molecule has 2 nitrogen and oxygen atoms in total. The summed E-state index contributed by atoms with van der Waals surface area (Å²) < 4.78 is 0. The van der Waals surface area contributed by atoms with E-state index in [4.69, 9.17) is 5.11 Å². The van der Waals surface area contributed by atoms with E-state index in [0.29, 0.717) is 0 Å². The average Bonchev–Trinajstić information content (AvgIpc) is 2.74. The van der Waals surface area contributed by atoms with E-state index in [1.54, 1.807) is 6.42 Å². The lowest BCUT2D eigenvalue weighted by atomic mass is 9.64. The molecule has 1 N–H and O–H groups in total. The Kier molecular flexibility index (Phi) is 10.0. The van der Waals surface area contributed by atoms with E-state index in [2.05, 4.69) is 29.8 Å². The van der Waals surface area contributed by atoms with Gasteiger partial charge in [-0.15, -0.1) is 0 Å². The normalized spacial score (nSPS) is 41.0. The number of carboxylic acid groups (broad SMARTS) is 1. The first kappa shape index (κ1) is 24.6. The van der Waals surface area contributed by atoms with Crippen LogP contribution in [0.1, 0.15) is 117 Å². The number of aliphatic carboxylic acids is 1. The van der Waals surface area contributed by atoms with Crippen molar-refractivity contribution in [2.24, 2.45) is 41.4 Å². The number of halogens is 1. The molecule has 0 aliphatic heterocycles. The van der Waals surface area contributed by atoms with Gasteiger partial charge in [0, 0.05) is 4.83 Å². The zero-order valence-electron chi connectivity index (χ0n) is 19.7. The topological polar surface area (TPSA) is 37.3 Å². The number of carbonyl (C=O) groups is 1. The second-order valence-corrected chi connectivity index (χ2v) is 12.5. The Balaban J connectivity index is 0.000000172. The number of alkyl halides is 1. The maximum Gasteiger partial charge on any atom is 0.306 e. The van der Waals surface area contributed by atoms with Crippen molar-refractivity contribution in [3.05, 3.63) is 0 Å². The molecule has 0 amide bonds. The maximum absolute atomic E-state index is 11.0. The molecule has 8 atom stereocenters.